The first-order chi connectivity index (χ1) is 15.4. The van der Waals surface area contributed by atoms with Crippen LogP contribution in [0.1, 0.15) is 29.6 Å². The third-order valence-electron chi connectivity index (χ3n) is 5.52. The Bertz CT molecular complexity index is 1330. The number of methoxy groups -OCH3 is 1. The summed E-state index contributed by atoms with van der Waals surface area (Å²) in [6.45, 7) is 10.7. The van der Waals surface area contributed by atoms with Gasteiger partial charge in [-0.25, -0.2) is 4.99 Å². The molecule has 0 unspecified atom stereocenters. The van der Waals surface area contributed by atoms with Gasteiger partial charge in [0.05, 0.1) is 35.5 Å². The molecule has 0 saturated heterocycles. The van der Waals surface area contributed by atoms with Crippen molar-refractivity contribution in [2.45, 2.75) is 34.6 Å². The molecule has 0 aliphatic heterocycles. The maximum Gasteiger partial charge on any atom is 0.131 e. The van der Waals surface area contributed by atoms with Crippen LogP contribution in [-0.4, -0.2) is 13.7 Å². The molecule has 4 aromatic rings. The summed E-state index contributed by atoms with van der Waals surface area (Å²) in [5, 5.41) is 2.80. The summed E-state index contributed by atoms with van der Waals surface area (Å²) < 4.78 is 17.5. The zero-order valence-corrected chi connectivity index (χ0v) is 19.6. The van der Waals surface area contributed by atoms with Gasteiger partial charge in [0.2, 0.25) is 0 Å². The van der Waals surface area contributed by atoms with Gasteiger partial charge in [0, 0.05) is 0 Å². The zero-order valence-electron chi connectivity index (χ0n) is 19.6. The Morgan fingerprint density at radius 3 is 2.06 bits per heavy atom. The van der Waals surface area contributed by atoms with Crippen molar-refractivity contribution in [3.05, 3.63) is 82.6 Å². The standard InChI is InChI=1S/C28H29NO3/c1-7-31-26-16-22(21-8-10-24(30-6)11-9-21)15-25(27-19(4)32-20(5)28(26)27)29-23-13-17(2)12-18(3)14-23/h8-16H,7H2,1-6H3. The van der Waals surface area contributed by atoms with Gasteiger partial charge in [-0.3, -0.25) is 0 Å². The highest BCUT2D eigenvalue weighted by molar-refractivity contribution is 5.93. The molecule has 0 aliphatic carbocycles. The van der Waals surface area contributed by atoms with Crippen LogP contribution < -0.4 is 14.8 Å². The van der Waals surface area contributed by atoms with E-state index in [1.807, 2.05) is 32.9 Å². The van der Waals surface area contributed by atoms with E-state index in [4.69, 9.17) is 18.9 Å². The average molecular weight is 428 g/mol. The van der Waals surface area contributed by atoms with Crippen molar-refractivity contribution >= 4 is 16.5 Å². The Morgan fingerprint density at radius 1 is 0.781 bits per heavy atom. The number of ether oxygens (including phenoxy) is 2. The van der Waals surface area contributed by atoms with Gasteiger partial charge < -0.3 is 13.9 Å². The summed E-state index contributed by atoms with van der Waals surface area (Å²) in [5.41, 5.74) is 5.38. The number of nitrogens with zero attached hydrogens (tertiary/aromatic N) is 1. The van der Waals surface area contributed by atoms with Crippen molar-refractivity contribution in [3.8, 4) is 22.6 Å². The Morgan fingerprint density at radius 2 is 1.44 bits per heavy atom. The van der Waals surface area contributed by atoms with E-state index in [0.29, 0.717) is 6.61 Å². The predicted octanol–water partition coefficient (Wildman–Crippen LogP) is 6.97. The molecule has 0 bridgehead atoms. The van der Waals surface area contributed by atoms with E-state index in [1.54, 1.807) is 7.11 Å². The van der Waals surface area contributed by atoms with Gasteiger partial charge in [0.1, 0.15) is 23.0 Å². The van der Waals surface area contributed by atoms with E-state index in [0.717, 1.165) is 56.0 Å². The molecule has 0 atom stereocenters. The van der Waals surface area contributed by atoms with Crippen LogP contribution in [0.4, 0.5) is 5.69 Å². The molecule has 4 nitrogen and oxygen atoms in total. The van der Waals surface area contributed by atoms with Crippen LogP contribution in [0.3, 0.4) is 0 Å². The van der Waals surface area contributed by atoms with Gasteiger partial charge in [-0.15, -0.1) is 0 Å². The summed E-state index contributed by atoms with van der Waals surface area (Å²) in [4.78, 5) is 5.09. The maximum absolute atomic E-state index is 6.10. The second-order valence-electron chi connectivity index (χ2n) is 8.08. The first-order valence-corrected chi connectivity index (χ1v) is 10.9. The van der Waals surface area contributed by atoms with E-state index >= 15 is 0 Å². The third kappa shape index (κ3) is 4.26. The van der Waals surface area contributed by atoms with Crippen LogP contribution in [-0.2, 0) is 0 Å². The number of hydrogen-bond donors (Lipinski definition) is 0. The SMILES string of the molecule is CCOc1cc(-c2ccc(OC)cc2)cc(=Nc2cc(C)cc(C)c2)c2c(C)oc(C)c12. The number of benzene rings is 2. The molecule has 0 radical (unpaired) electrons. The minimum absolute atomic E-state index is 0.564. The van der Waals surface area contributed by atoms with E-state index in [1.165, 1.54) is 11.1 Å². The van der Waals surface area contributed by atoms with Gasteiger partial charge in [0.15, 0.2) is 0 Å². The Hall–Kier alpha value is -3.53. The lowest BCUT2D eigenvalue weighted by atomic mass is 10.1. The minimum atomic E-state index is 0.564. The lowest BCUT2D eigenvalue weighted by Gasteiger charge is -2.05. The fourth-order valence-electron chi connectivity index (χ4n) is 4.23. The molecule has 4 rings (SSSR count). The molecule has 1 heterocycles. The quantitative estimate of drug-likeness (QED) is 0.345. The lowest BCUT2D eigenvalue weighted by molar-refractivity contribution is 0.344. The number of rotatable bonds is 5. The van der Waals surface area contributed by atoms with Gasteiger partial charge in [0.25, 0.3) is 0 Å². The Kier molecular flexibility index (Phi) is 6.04. The van der Waals surface area contributed by atoms with Gasteiger partial charge in [-0.2, -0.15) is 0 Å². The van der Waals surface area contributed by atoms with Crippen LogP contribution in [0, 0.1) is 27.7 Å². The summed E-state index contributed by atoms with van der Waals surface area (Å²) in [6.07, 6.45) is 0. The van der Waals surface area contributed by atoms with Gasteiger partial charge in [-0.1, -0.05) is 18.2 Å². The molecule has 32 heavy (non-hydrogen) atoms. The van der Waals surface area contributed by atoms with Crippen LogP contribution in [0.25, 0.3) is 21.9 Å². The fourth-order valence-corrected chi connectivity index (χ4v) is 4.23. The van der Waals surface area contributed by atoms with Gasteiger partial charge >= 0.3 is 0 Å². The van der Waals surface area contributed by atoms with Crippen molar-refractivity contribution in [1.29, 1.82) is 0 Å². The molecule has 0 fully saturated rings. The van der Waals surface area contributed by atoms with Crippen LogP contribution >= 0.6 is 0 Å². The number of furan rings is 1. The summed E-state index contributed by atoms with van der Waals surface area (Å²) >= 11 is 0. The lowest BCUT2D eigenvalue weighted by Crippen LogP contribution is -2.00. The molecule has 164 valence electrons. The maximum atomic E-state index is 6.10. The molecule has 0 saturated carbocycles. The van der Waals surface area contributed by atoms with Crippen molar-refractivity contribution < 1.29 is 13.9 Å². The highest BCUT2D eigenvalue weighted by atomic mass is 16.5. The highest BCUT2D eigenvalue weighted by Gasteiger charge is 2.15. The normalized spacial score (nSPS) is 11.8. The summed E-state index contributed by atoms with van der Waals surface area (Å²) in [7, 11) is 1.67. The molecule has 0 spiro atoms. The first kappa shape index (κ1) is 21.7. The average Bonchev–Trinajstić information content (AvgIpc) is 2.94. The smallest absolute Gasteiger partial charge is 0.131 e. The second kappa shape index (κ2) is 8.91. The van der Waals surface area contributed by atoms with E-state index < -0.39 is 0 Å². The summed E-state index contributed by atoms with van der Waals surface area (Å²) in [5.74, 6) is 3.28. The molecule has 0 N–H and O–H groups in total. The summed E-state index contributed by atoms with van der Waals surface area (Å²) in [6, 6.07) is 18.6. The molecule has 0 aliphatic rings. The van der Waals surface area contributed by atoms with Crippen LogP contribution in [0.5, 0.6) is 11.5 Å². The van der Waals surface area contributed by atoms with Crippen molar-refractivity contribution in [1.82, 2.24) is 0 Å². The predicted molar refractivity (Wildman–Crippen MR) is 130 cm³/mol. The monoisotopic (exact) mass is 427 g/mol. The molecule has 3 aromatic carbocycles. The highest BCUT2D eigenvalue weighted by Crippen LogP contribution is 2.34. The number of aryl methyl sites for hydroxylation is 4. The molecular weight excluding hydrogens is 398 g/mol. The fraction of sp³-hybridized carbons (Fsp3) is 0.250. The van der Waals surface area contributed by atoms with Crippen LogP contribution in [0.15, 0.2) is 64.0 Å². The van der Waals surface area contributed by atoms with E-state index in [-0.39, 0.29) is 0 Å². The Balaban J connectivity index is 2.11. The third-order valence-corrected chi connectivity index (χ3v) is 5.52. The largest absolute Gasteiger partial charge is 0.497 e. The first-order valence-electron chi connectivity index (χ1n) is 10.9. The zero-order chi connectivity index (χ0) is 22.8. The molecule has 4 heteroatoms. The second-order valence-corrected chi connectivity index (χ2v) is 8.08. The van der Waals surface area contributed by atoms with Crippen molar-refractivity contribution in [3.63, 3.8) is 0 Å². The number of hydrogen-bond acceptors (Lipinski definition) is 4. The Labute approximate surface area is 189 Å². The molecular formula is C28H29NO3. The van der Waals surface area contributed by atoms with Crippen molar-refractivity contribution in [2.24, 2.45) is 4.99 Å². The van der Waals surface area contributed by atoms with E-state index in [9.17, 15) is 0 Å². The minimum Gasteiger partial charge on any atom is -0.497 e. The molecule has 0 amide bonds. The van der Waals surface area contributed by atoms with Crippen LogP contribution in [0.2, 0.25) is 0 Å². The van der Waals surface area contributed by atoms with E-state index in [2.05, 4.69) is 56.3 Å². The van der Waals surface area contributed by atoms with Crippen molar-refractivity contribution in [2.75, 3.05) is 13.7 Å². The number of fused-ring (bicyclic) bond motifs is 1. The van der Waals surface area contributed by atoms with Gasteiger partial charge in [-0.05, 0) is 93.3 Å². The topological polar surface area (TPSA) is 44.0 Å². The molecule has 1 aromatic heterocycles.